The lowest BCUT2D eigenvalue weighted by Crippen LogP contribution is -2.21. The van der Waals surface area contributed by atoms with Gasteiger partial charge in [0.15, 0.2) is 0 Å². The van der Waals surface area contributed by atoms with E-state index in [-0.39, 0.29) is 11.8 Å². The summed E-state index contributed by atoms with van der Waals surface area (Å²) in [5.41, 5.74) is 0.837. The molecule has 0 aliphatic carbocycles. The van der Waals surface area contributed by atoms with Crippen LogP contribution in [0.3, 0.4) is 0 Å². The third-order valence-corrected chi connectivity index (χ3v) is 3.92. The predicted molar refractivity (Wildman–Crippen MR) is 78.3 cm³/mol. The minimum Gasteiger partial charge on any atom is -0.507 e. The molecule has 3 rings (SSSR count). The monoisotopic (exact) mass is 288 g/mol. The van der Waals surface area contributed by atoms with Crippen LogP contribution in [0.5, 0.6) is 11.5 Å². The van der Waals surface area contributed by atoms with Gasteiger partial charge in [0.1, 0.15) is 23.1 Å². The fourth-order valence-corrected chi connectivity index (χ4v) is 2.67. The number of ether oxygens (including phenoxy) is 1. The first-order chi connectivity index (χ1) is 10.2. The molecule has 6 nitrogen and oxygen atoms in total. The number of aryl methyl sites for hydroxylation is 1. The molecule has 112 valence electrons. The number of nitrogens with zero attached hydrogens (tertiary/aromatic N) is 3. The summed E-state index contributed by atoms with van der Waals surface area (Å²) in [5, 5.41) is 21.8. The van der Waals surface area contributed by atoms with Gasteiger partial charge >= 0.3 is 0 Å². The molecule has 0 amide bonds. The van der Waals surface area contributed by atoms with Gasteiger partial charge in [0.05, 0.1) is 13.2 Å². The number of benzene rings is 1. The molecule has 2 aromatic rings. The van der Waals surface area contributed by atoms with Gasteiger partial charge in [0, 0.05) is 31.1 Å². The second kappa shape index (κ2) is 5.73. The molecule has 0 spiro atoms. The standard InChI is InChI=1S/C15H20N4O2/c1-10(15-18-17-14-4-3-7-19(14)15)16-9-11-5-6-12(21-2)8-13(11)20/h5-6,8,10,16,20H,3-4,7,9H2,1-2H3. The Labute approximate surface area is 123 Å². The number of methoxy groups -OCH3 is 1. The summed E-state index contributed by atoms with van der Waals surface area (Å²) in [4.78, 5) is 0. The summed E-state index contributed by atoms with van der Waals surface area (Å²) >= 11 is 0. The molecule has 0 saturated heterocycles. The molecule has 2 heterocycles. The fourth-order valence-electron chi connectivity index (χ4n) is 2.67. The third-order valence-electron chi connectivity index (χ3n) is 3.92. The van der Waals surface area contributed by atoms with Crippen molar-refractivity contribution in [2.75, 3.05) is 7.11 Å². The van der Waals surface area contributed by atoms with E-state index in [1.807, 2.05) is 12.1 Å². The molecule has 1 aromatic heterocycles. The smallest absolute Gasteiger partial charge is 0.149 e. The van der Waals surface area contributed by atoms with Crippen molar-refractivity contribution in [1.29, 1.82) is 0 Å². The van der Waals surface area contributed by atoms with Crippen molar-refractivity contribution in [2.24, 2.45) is 0 Å². The van der Waals surface area contributed by atoms with Crippen LogP contribution in [0.1, 0.15) is 36.6 Å². The quantitative estimate of drug-likeness (QED) is 0.877. The molecule has 1 aromatic carbocycles. The van der Waals surface area contributed by atoms with Crippen LogP contribution in [0.4, 0.5) is 0 Å². The average molecular weight is 288 g/mol. The Bertz CT molecular complexity index is 639. The highest BCUT2D eigenvalue weighted by molar-refractivity contribution is 5.39. The van der Waals surface area contributed by atoms with Gasteiger partial charge in [-0.2, -0.15) is 0 Å². The molecule has 6 heteroatoms. The molecule has 1 atom stereocenters. The molecular formula is C15H20N4O2. The zero-order valence-corrected chi connectivity index (χ0v) is 12.3. The van der Waals surface area contributed by atoms with E-state index in [2.05, 4.69) is 27.0 Å². The van der Waals surface area contributed by atoms with Crippen molar-refractivity contribution in [3.8, 4) is 11.5 Å². The molecule has 0 fully saturated rings. The summed E-state index contributed by atoms with van der Waals surface area (Å²) in [6, 6.07) is 5.42. The molecule has 1 aliphatic heterocycles. The van der Waals surface area contributed by atoms with E-state index < -0.39 is 0 Å². The van der Waals surface area contributed by atoms with E-state index in [0.29, 0.717) is 12.3 Å². The average Bonchev–Trinajstić information content (AvgIpc) is 3.08. The van der Waals surface area contributed by atoms with E-state index in [4.69, 9.17) is 4.74 Å². The zero-order valence-electron chi connectivity index (χ0n) is 12.3. The molecule has 0 saturated carbocycles. The van der Waals surface area contributed by atoms with Gasteiger partial charge in [-0.05, 0) is 19.4 Å². The maximum absolute atomic E-state index is 9.97. The number of phenolic OH excluding ortho intramolecular Hbond substituents is 1. The van der Waals surface area contributed by atoms with Crippen LogP contribution in [0.15, 0.2) is 18.2 Å². The molecule has 0 bridgehead atoms. The fraction of sp³-hybridized carbons (Fsp3) is 0.467. The van der Waals surface area contributed by atoms with Crippen LogP contribution in [0.2, 0.25) is 0 Å². The molecule has 0 radical (unpaired) electrons. The lowest BCUT2D eigenvalue weighted by atomic mass is 10.1. The van der Waals surface area contributed by atoms with Gasteiger partial charge in [-0.3, -0.25) is 0 Å². The Hall–Kier alpha value is -2.08. The van der Waals surface area contributed by atoms with E-state index in [1.54, 1.807) is 13.2 Å². The van der Waals surface area contributed by atoms with Gasteiger partial charge in [0.25, 0.3) is 0 Å². The third kappa shape index (κ3) is 2.71. The lowest BCUT2D eigenvalue weighted by molar-refractivity contribution is 0.405. The van der Waals surface area contributed by atoms with Crippen molar-refractivity contribution in [2.45, 2.75) is 38.9 Å². The molecule has 2 N–H and O–H groups in total. The number of nitrogens with one attached hydrogen (secondary N) is 1. The Kier molecular flexibility index (Phi) is 3.79. The van der Waals surface area contributed by atoms with Gasteiger partial charge in [-0.15, -0.1) is 10.2 Å². The number of hydrogen-bond acceptors (Lipinski definition) is 5. The Balaban J connectivity index is 1.67. The minimum absolute atomic E-state index is 0.0888. The van der Waals surface area contributed by atoms with Crippen LogP contribution < -0.4 is 10.1 Å². The summed E-state index contributed by atoms with van der Waals surface area (Å²) < 4.78 is 7.27. The first kappa shape index (κ1) is 13.9. The van der Waals surface area contributed by atoms with Gasteiger partial charge in [-0.25, -0.2) is 0 Å². The SMILES string of the molecule is COc1ccc(CNC(C)c2nnc3n2CCC3)c(O)c1. The minimum atomic E-state index is 0.0888. The van der Waals surface area contributed by atoms with Gasteiger partial charge < -0.3 is 19.7 Å². The molecular weight excluding hydrogens is 268 g/mol. The Morgan fingerprint density at radius 2 is 2.29 bits per heavy atom. The number of rotatable bonds is 5. The van der Waals surface area contributed by atoms with Crippen LogP contribution in [-0.4, -0.2) is 27.0 Å². The Morgan fingerprint density at radius 3 is 3.05 bits per heavy atom. The highest BCUT2D eigenvalue weighted by Crippen LogP contribution is 2.24. The normalized spacial score (nSPS) is 15.0. The molecule has 1 aliphatic rings. The summed E-state index contributed by atoms with van der Waals surface area (Å²) in [7, 11) is 1.58. The van der Waals surface area contributed by atoms with E-state index in [1.165, 1.54) is 0 Å². The van der Waals surface area contributed by atoms with Crippen molar-refractivity contribution in [3.05, 3.63) is 35.4 Å². The van der Waals surface area contributed by atoms with Crippen LogP contribution in [-0.2, 0) is 19.5 Å². The summed E-state index contributed by atoms with van der Waals surface area (Å²) in [6.45, 7) is 3.63. The molecule has 1 unspecified atom stereocenters. The van der Waals surface area contributed by atoms with E-state index in [9.17, 15) is 5.11 Å². The number of fused-ring (bicyclic) bond motifs is 1. The predicted octanol–water partition coefficient (Wildman–Crippen LogP) is 1.79. The second-order valence-electron chi connectivity index (χ2n) is 5.33. The first-order valence-electron chi connectivity index (χ1n) is 7.20. The first-order valence-corrected chi connectivity index (χ1v) is 7.20. The van der Waals surface area contributed by atoms with Crippen molar-refractivity contribution < 1.29 is 9.84 Å². The van der Waals surface area contributed by atoms with Crippen LogP contribution in [0, 0.1) is 0 Å². The van der Waals surface area contributed by atoms with Gasteiger partial charge in [-0.1, -0.05) is 6.07 Å². The van der Waals surface area contributed by atoms with Crippen LogP contribution in [0.25, 0.3) is 0 Å². The number of aromatic nitrogens is 3. The van der Waals surface area contributed by atoms with Crippen molar-refractivity contribution in [3.63, 3.8) is 0 Å². The highest BCUT2D eigenvalue weighted by atomic mass is 16.5. The van der Waals surface area contributed by atoms with Gasteiger partial charge in [0.2, 0.25) is 0 Å². The summed E-state index contributed by atoms with van der Waals surface area (Å²) in [6.07, 6.45) is 2.16. The second-order valence-corrected chi connectivity index (χ2v) is 5.33. The van der Waals surface area contributed by atoms with Crippen molar-refractivity contribution in [1.82, 2.24) is 20.1 Å². The largest absolute Gasteiger partial charge is 0.507 e. The van der Waals surface area contributed by atoms with Crippen molar-refractivity contribution >= 4 is 0 Å². The Morgan fingerprint density at radius 1 is 1.43 bits per heavy atom. The topological polar surface area (TPSA) is 72.2 Å². The van der Waals surface area contributed by atoms with Crippen LogP contribution >= 0.6 is 0 Å². The highest BCUT2D eigenvalue weighted by Gasteiger charge is 2.21. The maximum atomic E-state index is 9.97. The van der Waals surface area contributed by atoms with E-state index >= 15 is 0 Å². The maximum Gasteiger partial charge on any atom is 0.149 e. The number of aromatic hydroxyl groups is 1. The molecule has 21 heavy (non-hydrogen) atoms. The number of hydrogen-bond donors (Lipinski definition) is 2. The lowest BCUT2D eigenvalue weighted by Gasteiger charge is -2.14. The summed E-state index contributed by atoms with van der Waals surface area (Å²) in [5.74, 6) is 2.93. The number of phenols is 1. The van der Waals surface area contributed by atoms with E-state index in [0.717, 1.165) is 36.6 Å². The zero-order chi connectivity index (χ0) is 14.8.